The molecule has 0 amide bonds. The summed E-state index contributed by atoms with van der Waals surface area (Å²) in [5.74, 6) is 0. The Balaban J connectivity index is 1.51. The summed E-state index contributed by atoms with van der Waals surface area (Å²) in [7, 11) is 0. The molecule has 0 unspecified atom stereocenters. The topological polar surface area (TPSA) is 25.4 Å². The molecule has 0 bridgehead atoms. The highest BCUT2D eigenvalue weighted by Gasteiger charge is 2.10. The van der Waals surface area contributed by atoms with Gasteiger partial charge in [0, 0.05) is 29.5 Å². The van der Waals surface area contributed by atoms with Crippen LogP contribution in [0.4, 0.5) is 5.69 Å². The van der Waals surface area contributed by atoms with Crippen LogP contribution in [0.1, 0.15) is 11.1 Å². The van der Waals surface area contributed by atoms with Gasteiger partial charge in [-0.25, -0.2) is 4.98 Å². The zero-order valence-corrected chi connectivity index (χ0v) is 15.7. The third-order valence-corrected chi connectivity index (χ3v) is 5.34. The maximum atomic E-state index is 5.44. The summed E-state index contributed by atoms with van der Waals surface area (Å²) in [6.07, 6.45) is 4.41. The van der Waals surface area contributed by atoms with Gasteiger partial charge in [0.2, 0.25) is 0 Å². The zero-order chi connectivity index (χ0) is 18.8. The van der Waals surface area contributed by atoms with Crippen molar-refractivity contribution in [2.24, 2.45) is 0 Å². The molecule has 0 radical (unpaired) electrons. The maximum absolute atomic E-state index is 5.44. The van der Waals surface area contributed by atoms with Gasteiger partial charge in [0.25, 0.3) is 0 Å². The average molecular weight is 366 g/mol. The maximum Gasteiger partial charge on any atom is 0.0715 e. The molecular weight excluding hydrogens is 344 g/mol. The van der Waals surface area contributed by atoms with Crippen LogP contribution in [0.15, 0.2) is 72.8 Å². The van der Waals surface area contributed by atoms with Crippen molar-refractivity contribution >= 4 is 39.6 Å². The Morgan fingerprint density at radius 1 is 0.714 bits per heavy atom. The summed E-state index contributed by atoms with van der Waals surface area (Å²) < 4.78 is 5.44. The Morgan fingerprint density at radius 3 is 1.96 bits per heavy atom. The zero-order valence-electron chi connectivity index (χ0n) is 15.7. The number of fused-ring (bicyclic) bond motifs is 2. The molecule has 1 saturated heterocycles. The number of para-hydroxylation sites is 2. The van der Waals surface area contributed by atoms with E-state index < -0.39 is 0 Å². The molecule has 0 aliphatic carbocycles. The standard InChI is InChI=1S/C25H22N2O/c1-3-7-24-22(5-1)21(23-6-2-4-8-25(23)26-24)14-11-19-9-12-20(13-10-19)27-15-17-28-18-16-27/h1-14H,15-18H2/b14-11+. The average Bonchev–Trinajstić information content (AvgIpc) is 2.77. The summed E-state index contributed by atoms with van der Waals surface area (Å²) >= 11 is 0. The van der Waals surface area contributed by atoms with E-state index >= 15 is 0 Å². The quantitative estimate of drug-likeness (QED) is 0.454. The van der Waals surface area contributed by atoms with Gasteiger partial charge in [-0.05, 0) is 35.4 Å². The predicted octanol–water partition coefficient (Wildman–Crippen LogP) is 5.40. The summed E-state index contributed by atoms with van der Waals surface area (Å²) in [6, 6.07) is 25.5. The Kier molecular flexibility index (Phi) is 4.51. The van der Waals surface area contributed by atoms with Gasteiger partial charge in [0.05, 0.1) is 24.2 Å². The molecule has 138 valence electrons. The van der Waals surface area contributed by atoms with E-state index in [1.807, 2.05) is 12.1 Å². The Hall–Kier alpha value is -3.17. The fourth-order valence-corrected chi connectivity index (χ4v) is 3.85. The van der Waals surface area contributed by atoms with Crippen molar-refractivity contribution in [3.05, 3.63) is 83.9 Å². The first kappa shape index (κ1) is 17.0. The van der Waals surface area contributed by atoms with Crippen molar-refractivity contribution in [3.63, 3.8) is 0 Å². The molecule has 1 fully saturated rings. The van der Waals surface area contributed by atoms with Crippen molar-refractivity contribution < 1.29 is 4.74 Å². The van der Waals surface area contributed by atoms with Crippen molar-refractivity contribution in [2.75, 3.05) is 31.2 Å². The first-order chi connectivity index (χ1) is 13.9. The van der Waals surface area contributed by atoms with E-state index in [4.69, 9.17) is 9.72 Å². The number of anilines is 1. The minimum absolute atomic E-state index is 0.809. The first-order valence-electron chi connectivity index (χ1n) is 9.77. The number of nitrogens with zero attached hydrogens (tertiary/aromatic N) is 2. The molecule has 3 nitrogen and oxygen atoms in total. The van der Waals surface area contributed by atoms with E-state index in [-0.39, 0.29) is 0 Å². The molecule has 28 heavy (non-hydrogen) atoms. The van der Waals surface area contributed by atoms with E-state index in [1.54, 1.807) is 0 Å². The SMILES string of the molecule is C(=C\c1c2ccccc2nc2ccccc12)/c1ccc(N2CCOCC2)cc1. The van der Waals surface area contributed by atoms with Crippen LogP contribution < -0.4 is 4.90 Å². The number of ether oxygens (including phenoxy) is 1. The van der Waals surface area contributed by atoms with E-state index in [9.17, 15) is 0 Å². The van der Waals surface area contributed by atoms with Gasteiger partial charge in [0.15, 0.2) is 0 Å². The largest absolute Gasteiger partial charge is 0.378 e. The summed E-state index contributed by atoms with van der Waals surface area (Å²) in [6.45, 7) is 3.54. The van der Waals surface area contributed by atoms with Crippen LogP contribution in [-0.4, -0.2) is 31.3 Å². The smallest absolute Gasteiger partial charge is 0.0715 e. The van der Waals surface area contributed by atoms with Crippen molar-refractivity contribution in [3.8, 4) is 0 Å². The Morgan fingerprint density at radius 2 is 1.32 bits per heavy atom. The van der Waals surface area contributed by atoms with Crippen LogP contribution in [0, 0.1) is 0 Å². The molecular formula is C25H22N2O. The molecule has 1 aliphatic heterocycles. The summed E-state index contributed by atoms with van der Waals surface area (Å²) in [5.41, 5.74) is 5.74. The normalized spacial score (nSPS) is 14.9. The minimum atomic E-state index is 0.809. The lowest BCUT2D eigenvalue weighted by atomic mass is 10.0. The third kappa shape index (κ3) is 3.25. The molecule has 4 aromatic rings. The fourth-order valence-electron chi connectivity index (χ4n) is 3.85. The lowest BCUT2D eigenvalue weighted by molar-refractivity contribution is 0.122. The molecule has 0 atom stereocenters. The number of aromatic nitrogens is 1. The number of benzene rings is 3. The summed E-state index contributed by atoms with van der Waals surface area (Å²) in [5, 5.41) is 2.37. The van der Waals surface area contributed by atoms with Gasteiger partial charge < -0.3 is 9.64 Å². The summed E-state index contributed by atoms with van der Waals surface area (Å²) in [4.78, 5) is 7.18. The Bertz CT molecular complexity index is 1090. The number of hydrogen-bond donors (Lipinski definition) is 0. The van der Waals surface area contributed by atoms with Gasteiger partial charge in [0.1, 0.15) is 0 Å². The molecule has 3 heteroatoms. The number of morpholine rings is 1. The van der Waals surface area contributed by atoms with Crippen molar-refractivity contribution in [2.45, 2.75) is 0 Å². The second-order valence-electron chi connectivity index (χ2n) is 7.08. The van der Waals surface area contributed by atoms with Gasteiger partial charge in [-0.2, -0.15) is 0 Å². The van der Waals surface area contributed by atoms with Crippen LogP contribution in [0.5, 0.6) is 0 Å². The number of hydrogen-bond acceptors (Lipinski definition) is 3. The first-order valence-corrected chi connectivity index (χ1v) is 9.77. The van der Waals surface area contributed by atoms with Gasteiger partial charge >= 0.3 is 0 Å². The van der Waals surface area contributed by atoms with Gasteiger partial charge in [-0.1, -0.05) is 60.7 Å². The highest BCUT2D eigenvalue weighted by Crippen LogP contribution is 2.28. The molecule has 3 aromatic carbocycles. The van der Waals surface area contributed by atoms with Crippen LogP contribution in [0.3, 0.4) is 0 Å². The monoisotopic (exact) mass is 366 g/mol. The highest BCUT2D eigenvalue weighted by molar-refractivity contribution is 6.04. The lowest BCUT2D eigenvalue weighted by Gasteiger charge is -2.28. The lowest BCUT2D eigenvalue weighted by Crippen LogP contribution is -2.36. The predicted molar refractivity (Wildman–Crippen MR) is 118 cm³/mol. The van der Waals surface area contributed by atoms with Gasteiger partial charge in [-0.15, -0.1) is 0 Å². The van der Waals surface area contributed by atoms with Crippen LogP contribution in [0.2, 0.25) is 0 Å². The molecule has 5 rings (SSSR count). The molecule has 1 aromatic heterocycles. The third-order valence-electron chi connectivity index (χ3n) is 5.34. The van der Waals surface area contributed by atoms with Crippen LogP contribution >= 0.6 is 0 Å². The fraction of sp³-hybridized carbons (Fsp3) is 0.160. The Labute approximate surface area is 164 Å². The number of pyridine rings is 1. The molecule has 2 heterocycles. The van der Waals surface area contributed by atoms with Gasteiger partial charge in [-0.3, -0.25) is 0 Å². The molecule has 0 N–H and O–H groups in total. The van der Waals surface area contributed by atoms with E-state index in [0.717, 1.165) is 37.3 Å². The highest BCUT2D eigenvalue weighted by atomic mass is 16.5. The van der Waals surface area contributed by atoms with E-state index in [2.05, 4.69) is 77.7 Å². The molecule has 1 aliphatic rings. The minimum Gasteiger partial charge on any atom is -0.378 e. The molecule has 0 spiro atoms. The van der Waals surface area contributed by atoms with Crippen molar-refractivity contribution in [1.82, 2.24) is 4.98 Å². The second-order valence-corrected chi connectivity index (χ2v) is 7.08. The number of rotatable bonds is 3. The van der Waals surface area contributed by atoms with Crippen LogP contribution in [-0.2, 0) is 4.74 Å². The second kappa shape index (κ2) is 7.45. The van der Waals surface area contributed by atoms with E-state index in [0.29, 0.717) is 0 Å². The van der Waals surface area contributed by atoms with E-state index in [1.165, 1.54) is 27.6 Å². The van der Waals surface area contributed by atoms with Crippen LogP contribution in [0.25, 0.3) is 34.0 Å². The molecule has 0 saturated carbocycles. The van der Waals surface area contributed by atoms with Crippen molar-refractivity contribution in [1.29, 1.82) is 0 Å².